The van der Waals surface area contributed by atoms with Gasteiger partial charge in [0.15, 0.2) is 0 Å². The molecule has 0 radical (unpaired) electrons. The minimum absolute atomic E-state index is 0.156. The van der Waals surface area contributed by atoms with E-state index in [1.165, 1.54) is 28.4 Å². The Morgan fingerprint density at radius 1 is 1.00 bits per heavy atom. The molecule has 0 unspecified atom stereocenters. The van der Waals surface area contributed by atoms with Crippen LogP contribution in [0, 0.1) is 0 Å². The molecule has 1 spiro atoms. The highest BCUT2D eigenvalue weighted by Crippen LogP contribution is 2.38. The van der Waals surface area contributed by atoms with E-state index in [1.54, 1.807) is 36.4 Å². The number of piperidine rings is 1. The highest BCUT2D eigenvalue weighted by atomic mass is 32.2. The Balaban J connectivity index is 1.44. The molecule has 0 saturated carbocycles. The summed E-state index contributed by atoms with van der Waals surface area (Å²) < 4.78 is 39.0. The highest BCUT2D eigenvalue weighted by Gasteiger charge is 2.51. The van der Waals surface area contributed by atoms with Gasteiger partial charge in [-0.3, -0.25) is 9.59 Å². The average molecular weight is 460 g/mol. The number of para-hydroxylation sites is 1. The molecule has 2 amide bonds. The van der Waals surface area contributed by atoms with Gasteiger partial charge < -0.3 is 19.7 Å². The van der Waals surface area contributed by atoms with Crippen LogP contribution in [-0.4, -0.2) is 68.5 Å². The van der Waals surface area contributed by atoms with Crippen molar-refractivity contribution in [3.8, 4) is 5.75 Å². The number of hydrogen-bond acceptors (Lipinski definition) is 6. The van der Waals surface area contributed by atoms with Crippen molar-refractivity contribution in [1.82, 2.24) is 9.21 Å². The van der Waals surface area contributed by atoms with Gasteiger partial charge in [0.1, 0.15) is 11.5 Å². The van der Waals surface area contributed by atoms with E-state index in [1.807, 2.05) is 6.07 Å². The molecule has 0 aromatic heterocycles. The first-order valence-electron chi connectivity index (χ1n) is 10.3. The number of methoxy groups -OCH3 is 1. The van der Waals surface area contributed by atoms with Gasteiger partial charge in [-0.25, -0.2) is 8.42 Å². The van der Waals surface area contributed by atoms with Gasteiger partial charge in [-0.1, -0.05) is 18.2 Å². The van der Waals surface area contributed by atoms with E-state index in [4.69, 9.17) is 9.47 Å². The summed E-state index contributed by atoms with van der Waals surface area (Å²) in [5.41, 5.74) is -0.485. The Morgan fingerprint density at radius 3 is 2.28 bits per heavy atom. The summed E-state index contributed by atoms with van der Waals surface area (Å²) in [6.45, 7) is 0.944. The topological polar surface area (TPSA) is 105 Å². The molecule has 4 rings (SSSR count). The van der Waals surface area contributed by atoms with Crippen LogP contribution in [-0.2, 0) is 24.3 Å². The number of benzene rings is 2. The number of hydrogen-bond donors (Lipinski definition) is 1. The zero-order chi connectivity index (χ0) is 22.8. The molecule has 2 fully saturated rings. The number of amides is 2. The minimum atomic E-state index is -3.80. The van der Waals surface area contributed by atoms with E-state index in [9.17, 15) is 18.0 Å². The molecule has 2 aliphatic heterocycles. The predicted octanol–water partition coefficient (Wildman–Crippen LogP) is 1.67. The molecule has 32 heavy (non-hydrogen) atoms. The fourth-order valence-corrected chi connectivity index (χ4v) is 5.83. The molecule has 10 heteroatoms. The average Bonchev–Trinajstić information content (AvgIpc) is 3.23. The highest BCUT2D eigenvalue weighted by molar-refractivity contribution is 7.89. The number of ether oxygens (including phenoxy) is 2. The first kappa shape index (κ1) is 22.3. The van der Waals surface area contributed by atoms with Gasteiger partial charge in [0, 0.05) is 38.2 Å². The number of carbonyl (C=O) groups excluding carboxylic acids is 2. The van der Waals surface area contributed by atoms with E-state index in [-0.39, 0.29) is 44.0 Å². The summed E-state index contributed by atoms with van der Waals surface area (Å²) >= 11 is 0. The number of sulfonamides is 1. The maximum absolute atomic E-state index is 13.3. The smallest absolute Gasteiger partial charge is 0.313 e. The van der Waals surface area contributed by atoms with Crippen LogP contribution in [0.3, 0.4) is 0 Å². The maximum Gasteiger partial charge on any atom is 0.313 e. The lowest BCUT2D eigenvalue weighted by Gasteiger charge is -2.42. The molecule has 0 atom stereocenters. The summed E-state index contributed by atoms with van der Waals surface area (Å²) in [7, 11) is -2.28. The molecule has 2 aromatic rings. The molecule has 0 aliphatic carbocycles. The van der Waals surface area contributed by atoms with Crippen LogP contribution < -0.4 is 10.1 Å². The zero-order valence-corrected chi connectivity index (χ0v) is 18.5. The third-order valence-corrected chi connectivity index (χ3v) is 7.79. The fourth-order valence-electron chi connectivity index (χ4n) is 4.11. The summed E-state index contributed by atoms with van der Waals surface area (Å²) in [5.74, 6) is -0.801. The summed E-state index contributed by atoms with van der Waals surface area (Å²) in [6.07, 6.45) is 0.569. The second-order valence-electron chi connectivity index (χ2n) is 7.66. The molecular weight excluding hydrogens is 434 g/mol. The zero-order valence-electron chi connectivity index (χ0n) is 17.7. The van der Waals surface area contributed by atoms with Crippen molar-refractivity contribution < 1.29 is 27.5 Å². The Hall–Kier alpha value is -2.95. The monoisotopic (exact) mass is 459 g/mol. The second-order valence-corrected chi connectivity index (χ2v) is 9.52. The van der Waals surface area contributed by atoms with E-state index >= 15 is 0 Å². The van der Waals surface area contributed by atoms with Crippen LogP contribution in [0.25, 0.3) is 0 Å². The number of rotatable bonds is 4. The van der Waals surface area contributed by atoms with Crippen LogP contribution in [0.2, 0.25) is 0 Å². The normalized spacial score (nSPS) is 18.5. The van der Waals surface area contributed by atoms with Gasteiger partial charge in [-0.05, 0) is 36.4 Å². The van der Waals surface area contributed by atoms with E-state index < -0.39 is 27.6 Å². The van der Waals surface area contributed by atoms with Gasteiger partial charge >= 0.3 is 11.8 Å². The quantitative estimate of drug-likeness (QED) is 0.698. The molecule has 170 valence electrons. The van der Waals surface area contributed by atoms with Crippen LogP contribution in [0.5, 0.6) is 5.75 Å². The molecule has 2 saturated heterocycles. The molecule has 9 nitrogen and oxygen atoms in total. The number of nitrogens with one attached hydrogen (secondary N) is 1. The van der Waals surface area contributed by atoms with Gasteiger partial charge in [0.2, 0.25) is 10.0 Å². The van der Waals surface area contributed by atoms with Crippen molar-refractivity contribution in [3.05, 3.63) is 54.6 Å². The number of anilines is 1. The lowest BCUT2D eigenvalue weighted by atomic mass is 10.0. The molecule has 1 N–H and O–H groups in total. The van der Waals surface area contributed by atoms with Gasteiger partial charge in [-0.15, -0.1) is 0 Å². The maximum atomic E-state index is 13.3. The molecule has 2 aromatic carbocycles. The van der Waals surface area contributed by atoms with Crippen LogP contribution in [0.4, 0.5) is 5.69 Å². The molecule has 0 bridgehead atoms. The lowest BCUT2D eigenvalue weighted by Crippen LogP contribution is -2.56. The minimum Gasteiger partial charge on any atom is -0.497 e. The van der Waals surface area contributed by atoms with Crippen molar-refractivity contribution in [2.75, 3.05) is 38.7 Å². The summed E-state index contributed by atoms with van der Waals surface area (Å²) in [5, 5.41) is 2.59. The fraction of sp³-hybridized carbons (Fsp3) is 0.364. The van der Waals surface area contributed by atoms with Gasteiger partial charge in [-0.2, -0.15) is 4.31 Å². The van der Waals surface area contributed by atoms with Gasteiger partial charge in [0.25, 0.3) is 0 Å². The molecular formula is C22H25N3O6S. The molecule has 2 aliphatic rings. The summed E-state index contributed by atoms with van der Waals surface area (Å²) in [6, 6.07) is 15.0. The largest absolute Gasteiger partial charge is 0.497 e. The van der Waals surface area contributed by atoms with Crippen molar-refractivity contribution in [2.45, 2.75) is 23.5 Å². The van der Waals surface area contributed by atoms with Crippen molar-refractivity contribution >= 4 is 27.5 Å². The van der Waals surface area contributed by atoms with Crippen molar-refractivity contribution in [1.29, 1.82) is 0 Å². The van der Waals surface area contributed by atoms with Crippen molar-refractivity contribution in [2.24, 2.45) is 0 Å². The van der Waals surface area contributed by atoms with Crippen LogP contribution in [0.1, 0.15) is 12.8 Å². The number of likely N-dealkylation sites (tertiary alicyclic amines) is 1. The Kier molecular flexibility index (Phi) is 6.18. The van der Waals surface area contributed by atoms with Crippen LogP contribution >= 0.6 is 0 Å². The van der Waals surface area contributed by atoms with E-state index in [0.29, 0.717) is 11.4 Å². The predicted molar refractivity (Wildman–Crippen MR) is 116 cm³/mol. The van der Waals surface area contributed by atoms with Crippen molar-refractivity contribution in [3.63, 3.8) is 0 Å². The third kappa shape index (κ3) is 4.21. The van der Waals surface area contributed by atoms with Gasteiger partial charge in [0.05, 0.1) is 18.6 Å². The summed E-state index contributed by atoms with van der Waals surface area (Å²) in [4.78, 5) is 26.5. The Bertz CT molecular complexity index is 1080. The SMILES string of the molecule is COc1ccc(S(=O)(=O)N2CCOC23CCN(C(=O)C(=O)Nc2ccccc2)CC3)cc1. The number of nitrogens with zero attached hydrogens (tertiary/aromatic N) is 2. The lowest BCUT2D eigenvalue weighted by molar-refractivity contribution is -0.148. The number of carbonyl (C=O) groups is 2. The van der Waals surface area contributed by atoms with E-state index in [2.05, 4.69) is 5.32 Å². The Morgan fingerprint density at radius 2 is 1.66 bits per heavy atom. The second kappa shape index (κ2) is 8.89. The third-order valence-electron chi connectivity index (χ3n) is 5.82. The first-order valence-corrected chi connectivity index (χ1v) is 11.8. The molecule has 2 heterocycles. The van der Waals surface area contributed by atoms with Crippen LogP contribution in [0.15, 0.2) is 59.5 Å². The standard InChI is InChI=1S/C22H25N3O6S/c1-30-18-7-9-19(10-8-18)32(28,29)25-15-16-31-22(25)11-13-24(14-12-22)21(27)20(26)23-17-5-3-2-4-6-17/h2-10H,11-16H2,1H3,(H,23,26). The first-order chi connectivity index (χ1) is 15.4. The van der Waals surface area contributed by atoms with E-state index in [0.717, 1.165) is 0 Å². The Labute approximate surface area is 187 Å².